The van der Waals surface area contributed by atoms with Crippen molar-refractivity contribution in [3.05, 3.63) is 55.6 Å². The molecule has 0 radical (unpaired) electrons. The quantitative estimate of drug-likeness (QED) is 0.757. The summed E-state index contributed by atoms with van der Waals surface area (Å²) >= 11 is 10.7. The molecule has 1 heterocycles. The van der Waals surface area contributed by atoms with E-state index in [9.17, 15) is 4.79 Å². The van der Waals surface area contributed by atoms with Crippen LogP contribution in [0.3, 0.4) is 0 Å². The molecule has 0 saturated carbocycles. The second-order valence-electron chi connectivity index (χ2n) is 3.33. The number of ketones is 1. The molecular weight excluding hydrogens is 308 g/mol. The van der Waals surface area contributed by atoms with E-state index < -0.39 is 0 Å². The number of Topliss-reactive ketones (excluding diaryl/α,β-unsaturated/α-hetero) is 1. The minimum absolute atomic E-state index is 0.115. The lowest BCUT2D eigenvalue weighted by Crippen LogP contribution is -2.01. The third-order valence-electron chi connectivity index (χ3n) is 2.12. The van der Waals surface area contributed by atoms with Crippen molar-refractivity contribution < 1.29 is 4.79 Å². The maximum atomic E-state index is 11.9. The van der Waals surface area contributed by atoms with Gasteiger partial charge in [-0.05, 0) is 45.1 Å². The molecule has 0 bridgehead atoms. The van der Waals surface area contributed by atoms with Crippen LogP contribution in [0.15, 0.2) is 40.2 Å². The summed E-state index contributed by atoms with van der Waals surface area (Å²) in [6.07, 6.45) is 0.389. The summed E-state index contributed by atoms with van der Waals surface area (Å²) in [5.74, 6) is 0.115. The Morgan fingerprint density at radius 2 is 2.19 bits per heavy atom. The third-order valence-corrected chi connectivity index (χ3v) is 4.24. The molecule has 0 unspecified atom stereocenters. The van der Waals surface area contributed by atoms with Gasteiger partial charge >= 0.3 is 0 Å². The van der Waals surface area contributed by atoms with Crippen LogP contribution in [0.4, 0.5) is 0 Å². The van der Waals surface area contributed by atoms with Crippen molar-refractivity contribution in [2.75, 3.05) is 0 Å². The number of hydrogen-bond donors (Lipinski definition) is 0. The van der Waals surface area contributed by atoms with Crippen LogP contribution in [0, 0.1) is 0 Å². The number of thiophene rings is 1. The Balaban J connectivity index is 2.17. The van der Waals surface area contributed by atoms with E-state index in [1.165, 1.54) is 11.3 Å². The van der Waals surface area contributed by atoms with Gasteiger partial charge in [-0.3, -0.25) is 4.79 Å². The normalized spacial score (nSPS) is 10.4. The molecule has 0 aliphatic rings. The van der Waals surface area contributed by atoms with Crippen LogP contribution in [-0.2, 0) is 6.42 Å². The highest BCUT2D eigenvalue weighted by Gasteiger charge is 2.12. The molecular formula is C12H8BrClOS. The molecule has 0 aliphatic carbocycles. The standard InChI is InChI=1S/C12H8BrClOS/c13-10-4-5-16-12(10)11(15)7-8-2-1-3-9(14)6-8/h1-6H,7H2. The van der Waals surface area contributed by atoms with Gasteiger partial charge in [0.1, 0.15) is 0 Å². The number of benzene rings is 1. The predicted molar refractivity (Wildman–Crippen MR) is 71.5 cm³/mol. The molecule has 0 saturated heterocycles. The Morgan fingerprint density at radius 3 is 2.81 bits per heavy atom. The Morgan fingerprint density at radius 1 is 1.38 bits per heavy atom. The van der Waals surface area contributed by atoms with Crippen molar-refractivity contribution in [1.29, 1.82) is 0 Å². The first kappa shape index (κ1) is 11.8. The lowest BCUT2D eigenvalue weighted by atomic mass is 10.1. The zero-order valence-corrected chi connectivity index (χ0v) is 11.4. The van der Waals surface area contributed by atoms with Crippen LogP contribution >= 0.6 is 38.9 Å². The molecule has 0 atom stereocenters. The molecule has 0 spiro atoms. The number of rotatable bonds is 3. The summed E-state index contributed by atoms with van der Waals surface area (Å²) in [4.78, 5) is 12.7. The Bertz CT molecular complexity index is 521. The van der Waals surface area contributed by atoms with Crippen molar-refractivity contribution >= 4 is 44.7 Å². The average Bonchev–Trinajstić information content (AvgIpc) is 2.64. The topological polar surface area (TPSA) is 17.1 Å². The molecule has 1 nitrogen and oxygen atoms in total. The molecule has 82 valence electrons. The first-order valence-electron chi connectivity index (χ1n) is 4.67. The second-order valence-corrected chi connectivity index (χ2v) is 5.53. The molecule has 0 amide bonds. The SMILES string of the molecule is O=C(Cc1cccc(Cl)c1)c1sccc1Br. The summed E-state index contributed by atoms with van der Waals surface area (Å²) in [5, 5.41) is 2.56. The van der Waals surface area contributed by atoms with Gasteiger partial charge in [-0.1, -0.05) is 23.7 Å². The second kappa shape index (κ2) is 5.13. The van der Waals surface area contributed by atoms with E-state index in [2.05, 4.69) is 15.9 Å². The van der Waals surface area contributed by atoms with E-state index in [-0.39, 0.29) is 5.78 Å². The van der Waals surface area contributed by atoms with Gasteiger partial charge in [0.15, 0.2) is 5.78 Å². The van der Waals surface area contributed by atoms with Crippen LogP contribution in [0.25, 0.3) is 0 Å². The number of carbonyl (C=O) groups is 1. The van der Waals surface area contributed by atoms with Gasteiger partial charge in [0.2, 0.25) is 0 Å². The number of hydrogen-bond acceptors (Lipinski definition) is 2. The van der Waals surface area contributed by atoms with Crippen molar-refractivity contribution in [1.82, 2.24) is 0 Å². The van der Waals surface area contributed by atoms with Gasteiger partial charge in [-0.2, -0.15) is 0 Å². The minimum Gasteiger partial charge on any atom is -0.293 e. The fourth-order valence-corrected chi connectivity index (χ4v) is 3.15. The van der Waals surface area contributed by atoms with Gasteiger partial charge in [-0.25, -0.2) is 0 Å². The maximum Gasteiger partial charge on any atom is 0.178 e. The lowest BCUT2D eigenvalue weighted by molar-refractivity contribution is 0.0996. The van der Waals surface area contributed by atoms with E-state index >= 15 is 0 Å². The Labute approximate surface area is 111 Å². The smallest absolute Gasteiger partial charge is 0.178 e. The fraction of sp³-hybridized carbons (Fsp3) is 0.0833. The first-order chi connectivity index (χ1) is 7.66. The van der Waals surface area contributed by atoms with Crippen LogP contribution in [-0.4, -0.2) is 5.78 Å². The molecule has 4 heteroatoms. The van der Waals surface area contributed by atoms with Crippen molar-refractivity contribution in [3.63, 3.8) is 0 Å². The highest BCUT2D eigenvalue weighted by Crippen LogP contribution is 2.24. The first-order valence-corrected chi connectivity index (χ1v) is 6.72. The van der Waals surface area contributed by atoms with Crippen LogP contribution in [0.1, 0.15) is 15.2 Å². The zero-order chi connectivity index (χ0) is 11.5. The third kappa shape index (κ3) is 2.73. The van der Waals surface area contributed by atoms with Gasteiger partial charge in [0, 0.05) is 15.9 Å². The summed E-state index contributed by atoms with van der Waals surface area (Å²) < 4.78 is 0.865. The number of carbonyl (C=O) groups excluding carboxylic acids is 1. The van der Waals surface area contributed by atoms with Crippen molar-refractivity contribution in [2.24, 2.45) is 0 Å². The van der Waals surface area contributed by atoms with Crippen molar-refractivity contribution in [2.45, 2.75) is 6.42 Å². The average molecular weight is 316 g/mol. The number of halogens is 2. The van der Waals surface area contributed by atoms with Gasteiger partial charge < -0.3 is 0 Å². The molecule has 0 fully saturated rings. The summed E-state index contributed by atoms with van der Waals surface area (Å²) in [6.45, 7) is 0. The molecule has 1 aromatic carbocycles. The molecule has 2 rings (SSSR count). The minimum atomic E-state index is 0.115. The fourth-order valence-electron chi connectivity index (χ4n) is 1.41. The van der Waals surface area contributed by atoms with E-state index in [0.29, 0.717) is 11.4 Å². The van der Waals surface area contributed by atoms with Gasteiger partial charge in [0.25, 0.3) is 0 Å². The summed E-state index contributed by atoms with van der Waals surface area (Å²) in [6, 6.07) is 9.27. The summed E-state index contributed by atoms with van der Waals surface area (Å²) in [7, 11) is 0. The highest BCUT2D eigenvalue weighted by molar-refractivity contribution is 9.10. The Kier molecular flexibility index (Phi) is 3.79. The summed E-state index contributed by atoms with van der Waals surface area (Å²) in [5.41, 5.74) is 0.942. The molecule has 2 aromatic rings. The van der Waals surface area contributed by atoms with Crippen LogP contribution < -0.4 is 0 Å². The zero-order valence-electron chi connectivity index (χ0n) is 8.24. The van der Waals surface area contributed by atoms with Crippen LogP contribution in [0.5, 0.6) is 0 Å². The largest absolute Gasteiger partial charge is 0.293 e. The monoisotopic (exact) mass is 314 g/mol. The lowest BCUT2D eigenvalue weighted by Gasteiger charge is -2.00. The van der Waals surface area contributed by atoms with Crippen molar-refractivity contribution in [3.8, 4) is 0 Å². The molecule has 1 aromatic heterocycles. The highest BCUT2D eigenvalue weighted by atomic mass is 79.9. The molecule has 0 aliphatic heterocycles. The van der Waals surface area contributed by atoms with E-state index in [1.54, 1.807) is 6.07 Å². The van der Waals surface area contributed by atoms with E-state index in [4.69, 9.17) is 11.6 Å². The predicted octanol–water partition coefficient (Wildman–Crippen LogP) is 4.59. The van der Waals surface area contributed by atoms with Gasteiger partial charge in [0.05, 0.1) is 4.88 Å². The maximum absolute atomic E-state index is 11.9. The molecule has 0 N–H and O–H groups in total. The van der Waals surface area contributed by atoms with Crippen LogP contribution in [0.2, 0.25) is 5.02 Å². The van der Waals surface area contributed by atoms with E-state index in [0.717, 1.165) is 14.9 Å². The van der Waals surface area contributed by atoms with E-state index in [1.807, 2.05) is 29.6 Å². The Hall–Kier alpha value is -0.640. The molecule has 16 heavy (non-hydrogen) atoms. The van der Waals surface area contributed by atoms with Gasteiger partial charge in [-0.15, -0.1) is 11.3 Å².